The van der Waals surface area contributed by atoms with E-state index in [0.29, 0.717) is 5.56 Å². The molecule has 0 radical (unpaired) electrons. The summed E-state index contributed by atoms with van der Waals surface area (Å²) in [5, 5.41) is 18.3. The fourth-order valence-electron chi connectivity index (χ4n) is 5.38. The van der Waals surface area contributed by atoms with E-state index < -0.39 is 0 Å². The van der Waals surface area contributed by atoms with Gasteiger partial charge in [-0.25, -0.2) is 9.50 Å². The van der Waals surface area contributed by atoms with Crippen molar-refractivity contribution in [3.05, 3.63) is 54.7 Å². The van der Waals surface area contributed by atoms with Gasteiger partial charge in [0.15, 0.2) is 0 Å². The van der Waals surface area contributed by atoms with E-state index in [9.17, 15) is 10.1 Å². The third-order valence-corrected chi connectivity index (χ3v) is 6.99. The first-order valence-electron chi connectivity index (χ1n) is 11.5. The van der Waals surface area contributed by atoms with Crippen LogP contribution in [0.5, 0.6) is 0 Å². The van der Waals surface area contributed by atoms with Crippen molar-refractivity contribution >= 4 is 17.2 Å². The molecule has 6 heterocycles. The standard InChI is InChI=1S/C26H22N8O/c1-3-25(35)34-21-5-6-22(34)16-32(15-21)24-7-4-17(10-28-24)23-8-18(20-12-29-31(2)13-20)14-33-26(23)19(9-27)11-30-33/h1,4,7-8,10-14,21-22H,5-6,15-16H2,2H3. The van der Waals surface area contributed by atoms with Crippen LogP contribution in [-0.2, 0) is 11.8 Å². The van der Waals surface area contributed by atoms with E-state index in [0.717, 1.165) is 59.5 Å². The number of nitrogens with zero attached hydrogens (tertiary/aromatic N) is 8. The summed E-state index contributed by atoms with van der Waals surface area (Å²) in [6.07, 6.45) is 16.4. The molecule has 1 amide bonds. The molecule has 2 saturated heterocycles. The summed E-state index contributed by atoms with van der Waals surface area (Å²) >= 11 is 0. The van der Waals surface area contributed by atoms with E-state index in [1.807, 2.05) is 42.7 Å². The van der Waals surface area contributed by atoms with Crippen molar-refractivity contribution in [2.45, 2.75) is 24.9 Å². The van der Waals surface area contributed by atoms with Crippen LogP contribution in [0.4, 0.5) is 5.82 Å². The van der Waals surface area contributed by atoms with Crippen molar-refractivity contribution in [2.24, 2.45) is 7.05 Å². The molecule has 35 heavy (non-hydrogen) atoms. The molecule has 0 aliphatic carbocycles. The number of amides is 1. The van der Waals surface area contributed by atoms with E-state index in [-0.39, 0.29) is 18.0 Å². The number of carbonyl (C=O) groups is 1. The zero-order chi connectivity index (χ0) is 24.1. The average Bonchev–Trinajstić information content (AvgIpc) is 3.58. The highest BCUT2D eigenvalue weighted by atomic mass is 16.2. The fraction of sp³-hybridized carbons (Fsp3) is 0.269. The van der Waals surface area contributed by atoms with Gasteiger partial charge in [-0.05, 0) is 37.0 Å². The summed E-state index contributed by atoms with van der Waals surface area (Å²) in [4.78, 5) is 21.0. The summed E-state index contributed by atoms with van der Waals surface area (Å²) in [7, 11) is 1.88. The minimum absolute atomic E-state index is 0.125. The van der Waals surface area contributed by atoms with Gasteiger partial charge >= 0.3 is 0 Å². The number of piperazine rings is 1. The Labute approximate surface area is 202 Å². The van der Waals surface area contributed by atoms with Gasteiger partial charge in [0.1, 0.15) is 11.9 Å². The van der Waals surface area contributed by atoms with Crippen LogP contribution in [0.3, 0.4) is 0 Å². The van der Waals surface area contributed by atoms with Crippen molar-refractivity contribution in [2.75, 3.05) is 18.0 Å². The van der Waals surface area contributed by atoms with Gasteiger partial charge in [0.25, 0.3) is 5.91 Å². The Morgan fingerprint density at radius 1 is 1.06 bits per heavy atom. The molecule has 172 valence electrons. The van der Waals surface area contributed by atoms with Crippen LogP contribution in [-0.4, -0.2) is 60.4 Å². The Hall–Kier alpha value is -4.63. The molecule has 0 saturated carbocycles. The summed E-state index contributed by atoms with van der Waals surface area (Å²) in [6.45, 7) is 1.44. The summed E-state index contributed by atoms with van der Waals surface area (Å²) in [6, 6.07) is 8.58. The zero-order valence-electron chi connectivity index (χ0n) is 19.2. The molecule has 2 fully saturated rings. The number of aromatic nitrogens is 5. The number of fused-ring (bicyclic) bond motifs is 3. The Morgan fingerprint density at radius 3 is 2.49 bits per heavy atom. The Balaban J connectivity index is 1.35. The molecule has 0 aromatic carbocycles. The van der Waals surface area contributed by atoms with Gasteiger partial charge in [-0.2, -0.15) is 15.5 Å². The number of hydrogen-bond acceptors (Lipinski definition) is 6. The first kappa shape index (κ1) is 20.9. The van der Waals surface area contributed by atoms with E-state index in [1.165, 1.54) is 0 Å². The first-order chi connectivity index (χ1) is 17.1. The van der Waals surface area contributed by atoms with Crippen LogP contribution in [0.2, 0.25) is 0 Å². The van der Waals surface area contributed by atoms with Gasteiger partial charge in [0, 0.05) is 61.0 Å². The molecule has 2 atom stereocenters. The number of anilines is 1. The number of pyridine rings is 2. The molecule has 4 aromatic rings. The largest absolute Gasteiger partial charge is 0.352 e. The molecular weight excluding hydrogens is 440 g/mol. The lowest BCUT2D eigenvalue weighted by molar-refractivity contribution is -0.128. The second-order valence-electron chi connectivity index (χ2n) is 9.06. The van der Waals surface area contributed by atoms with Crippen molar-refractivity contribution in [3.8, 4) is 40.7 Å². The van der Waals surface area contributed by atoms with Gasteiger partial charge in [0.2, 0.25) is 0 Å². The topological polar surface area (TPSA) is 95.4 Å². The highest BCUT2D eigenvalue weighted by molar-refractivity contribution is 5.94. The molecule has 0 spiro atoms. The van der Waals surface area contributed by atoms with Crippen LogP contribution >= 0.6 is 0 Å². The lowest BCUT2D eigenvalue weighted by Gasteiger charge is -2.40. The third-order valence-electron chi connectivity index (χ3n) is 6.99. The Bertz CT molecular complexity index is 1520. The molecular formula is C26H22N8O. The van der Waals surface area contributed by atoms with E-state index in [2.05, 4.69) is 33.2 Å². The van der Waals surface area contributed by atoms with E-state index in [1.54, 1.807) is 21.6 Å². The maximum atomic E-state index is 12.2. The monoisotopic (exact) mass is 462 g/mol. The summed E-state index contributed by atoms with van der Waals surface area (Å²) in [5.41, 5.74) is 4.93. The average molecular weight is 463 g/mol. The molecule has 9 nitrogen and oxygen atoms in total. The van der Waals surface area contributed by atoms with Gasteiger partial charge in [-0.3, -0.25) is 9.48 Å². The molecule has 0 N–H and O–H groups in total. The lowest BCUT2D eigenvalue weighted by atomic mass is 10.0. The molecule has 2 unspecified atom stereocenters. The van der Waals surface area contributed by atoms with Crippen LogP contribution in [0.15, 0.2) is 49.2 Å². The SMILES string of the molecule is C#CC(=O)N1C2CCC1CN(c1ccc(-c3cc(-c4cnn(C)c4)cn4ncc(C#N)c34)cn1)C2. The molecule has 2 aliphatic heterocycles. The summed E-state index contributed by atoms with van der Waals surface area (Å²) < 4.78 is 3.49. The number of carbonyl (C=O) groups excluding carboxylic acids is 1. The number of rotatable bonds is 3. The van der Waals surface area contributed by atoms with E-state index >= 15 is 0 Å². The zero-order valence-corrected chi connectivity index (χ0v) is 19.2. The second kappa shape index (κ2) is 8.00. The highest BCUT2D eigenvalue weighted by Gasteiger charge is 2.42. The fourth-order valence-corrected chi connectivity index (χ4v) is 5.38. The summed E-state index contributed by atoms with van der Waals surface area (Å²) in [5.74, 6) is 2.92. The Morgan fingerprint density at radius 2 is 1.86 bits per heavy atom. The normalized spacial score (nSPS) is 19.1. The van der Waals surface area contributed by atoms with Crippen LogP contribution in [0.1, 0.15) is 18.4 Å². The number of hydrogen-bond donors (Lipinski definition) is 0. The van der Waals surface area contributed by atoms with Gasteiger partial charge < -0.3 is 9.80 Å². The van der Waals surface area contributed by atoms with Gasteiger partial charge in [-0.1, -0.05) is 0 Å². The van der Waals surface area contributed by atoms with Crippen molar-refractivity contribution in [1.29, 1.82) is 5.26 Å². The number of aryl methyl sites for hydroxylation is 1. The smallest absolute Gasteiger partial charge is 0.298 e. The van der Waals surface area contributed by atoms with Crippen molar-refractivity contribution in [1.82, 2.24) is 29.3 Å². The minimum atomic E-state index is -0.216. The van der Waals surface area contributed by atoms with E-state index in [4.69, 9.17) is 11.4 Å². The maximum Gasteiger partial charge on any atom is 0.298 e. The predicted molar refractivity (Wildman–Crippen MR) is 130 cm³/mol. The second-order valence-corrected chi connectivity index (χ2v) is 9.06. The number of terminal acetylenes is 1. The first-order valence-corrected chi connectivity index (χ1v) is 11.5. The van der Waals surface area contributed by atoms with Crippen molar-refractivity contribution in [3.63, 3.8) is 0 Å². The molecule has 4 aromatic heterocycles. The molecule has 9 heteroatoms. The molecule has 6 rings (SSSR count). The van der Waals surface area contributed by atoms with Crippen LogP contribution in [0.25, 0.3) is 27.8 Å². The van der Waals surface area contributed by atoms with Crippen molar-refractivity contribution < 1.29 is 4.79 Å². The molecule has 2 aliphatic rings. The van der Waals surface area contributed by atoms with Crippen LogP contribution < -0.4 is 4.90 Å². The van der Waals surface area contributed by atoms with Gasteiger partial charge in [0.05, 0.1) is 35.6 Å². The van der Waals surface area contributed by atoms with Crippen LogP contribution in [0, 0.1) is 23.7 Å². The quantitative estimate of drug-likeness (QED) is 0.434. The number of nitriles is 1. The highest BCUT2D eigenvalue weighted by Crippen LogP contribution is 2.34. The maximum absolute atomic E-state index is 12.2. The predicted octanol–water partition coefficient (Wildman–Crippen LogP) is 2.48. The minimum Gasteiger partial charge on any atom is -0.352 e. The Kier molecular flexibility index (Phi) is 4.78. The lowest BCUT2D eigenvalue weighted by Crippen LogP contribution is -2.55. The third kappa shape index (κ3) is 3.41. The van der Waals surface area contributed by atoms with Gasteiger partial charge in [-0.15, -0.1) is 6.42 Å². The molecule has 2 bridgehead atoms.